The molecule has 0 spiro atoms. The lowest BCUT2D eigenvalue weighted by atomic mass is 9.80. The van der Waals surface area contributed by atoms with Crippen molar-refractivity contribution in [1.29, 1.82) is 0 Å². The maximum absolute atomic E-state index is 11.2. The van der Waals surface area contributed by atoms with Crippen molar-refractivity contribution in [3.63, 3.8) is 0 Å². The van der Waals surface area contributed by atoms with Crippen molar-refractivity contribution >= 4 is 0 Å². The van der Waals surface area contributed by atoms with Crippen LogP contribution in [-0.4, -0.2) is 10.2 Å². The average Bonchev–Trinajstić information content (AvgIpc) is 2.67. The lowest BCUT2D eigenvalue weighted by Crippen LogP contribution is -2.08. The lowest BCUT2D eigenvalue weighted by molar-refractivity contribution is 0.441. The number of aromatic hydroxyl groups is 2. The Kier molecular flexibility index (Phi) is 8.41. The summed E-state index contributed by atoms with van der Waals surface area (Å²) in [6.45, 7) is 10.7. The Bertz CT molecular complexity index is 713. The summed E-state index contributed by atoms with van der Waals surface area (Å²) in [5.74, 6) is 0.891. The standard InChI is InChI=1S/C26H38O2/c1-6-9-12-20-16-14-18(4)23(25(20)27)22(11-8-3)24-19(5)15-17-21(26(24)28)13-10-7-2/h14-17,22,27-28H,6-13H2,1-5H3. The summed E-state index contributed by atoms with van der Waals surface area (Å²) < 4.78 is 0. The fourth-order valence-electron chi connectivity index (χ4n) is 4.25. The van der Waals surface area contributed by atoms with E-state index in [0.29, 0.717) is 11.5 Å². The fraction of sp³-hybridized carbons (Fsp3) is 0.538. The molecule has 2 rings (SSSR count). The number of unbranched alkanes of at least 4 members (excludes halogenated alkanes) is 2. The van der Waals surface area contributed by atoms with Crippen molar-refractivity contribution in [3.8, 4) is 11.5 Å². The molecule has 154 valence electrons. The highest BCUT2D eigenvalue weighted by Crippen LogP contribution is 2.44. The van der Waals surface area contributed by atoms with Crippen molar-refractivity contribution in [2.75, 3.05) is 0 Å². The molecule has 0 saturated heterocycles. The van der Waals surface area contributed by atoms with Gasteiger partial charge in [-0.15, -0.1) is 0 Å². The molecule has 0 heterocycles. The molecule has 0 radical (unpaired) electrons. The molecule has 0 aromatic heterocycles. The zero-order valence-electron chi connectivity index (χ0n) is 18.4. The first kappa shape index (κ1) is 22.3. The van der Waals surface area contributed by atoms with E-state index in [2.05, 4.69) is 58.9 Å². The highest BCUT2D eigenvalue weighted by Gasteiger charge is 2.26. The van der Waals surface area contributed by atoms with Crippen LogP contribution in [0.2, 0.25) is 0 Å². The summed E-state index contributed by atoms with van der Waals surface area (Å²) in [4.78, 5) is 0. The van der Waals surface area contributed by atoms with Crippen LogP contribution in [0, 0.1) is 13.8 Å². The van der Waals surface area contributed by atoms with Crippen LogP contribution in [0.3, 0.4) is 0 Å². The summed E-state index contributed by atoms with van der Waals surface area (Å²) >= 11 is 0. The third kappa shape index (κ3) is 4.90. The minimum absolute atomic E-state index is 0.0214. The quantitative estimate of drug-likeness (QED) is 0.451. The van der Waals surface area contributed by atoms with Crippen LogP contribution in [0.1, 0.15) is 98.6 Å². The van der Waals surface area contributed by atoms with Crippen molar-refractivity contribution in [2.45, 2.75) is 91.9 Å². The van der Waals surface area contributed by atoms with Crippen LogP contribution >= 0.6 is 0 Å². The molecule has 0 saturated carbocycles. The number of hydrogen-bond acceptors (Lipinski definition) is 2. The van der Waals surface area contributed by atoms with Crippen LogP contribution in [-0.2, 0) is 12.8 Å². The first-order chi connectivity index (χ1) is 13.5. The van der Waals surface area contributed by atoms with Gasteiger partial charge in [0.25, 0.3) is 0 Å². The van der Waals surface area contributed by atoms with Crippen LogP contribution in [0.25, 0.3) is 0 Å². The highest BCUT2D eigenvalue weighted by atomic mass is 16.3. The van der Waals surface area contributed by atoms with Gasteiger partial charge < -0.3 is 10.2 Å². The number of hydrogen-bond donors (Lipinski definition) is 2. The average molecular weight is 383 g/mol. The number of benzene rings is 2. The van der Waals surface area contributed by atoms with Gasteiger partial charge >= 0.3 is 0 Å². The Morgan fingerprint density at radius 1 is 0.679 bits per heavy atom. The molecule has 2 heteroatoms. The van der Waals surface area contributed by atoms with Gasteiger partial charge in [-0.3, -0.25) is 0 Å². The second-order valence-corrected chi connectivity index (χ2v) is 8.16. The van der Waals surface area contributed by atoms with Crippen LogP contribution in [0.4, 0.5) is 0 Å². The topological polar surface area (TPSA) is 40.5 Å². The van der Waals surface area contributed by atoms with Crippen LogP contribution < -0.4 is 0 Å². The van der Waals surface area contributed by atoms with E-state index in [9.17, 15) is 10.2 Å². The minimum atomic E-state index is 0.0214. The van der Waals surface area contributed by atoms with Gasteiger partial charge in [-0.25, -0.2) is 0 Å². The summed E-state index contributed by atoms with van der Waals surface area (Å²) in [6.07, 6.45) is 8.08. The SMILES string of the molecule is CCCCc1ccc(C)c(C(CCC)c2c(C)ccc(CCCC)c2O)c1O. The number of aryl methyl sites for hydroxylation is 4. The van der Waals surface area contributed by atoms with Gasteiger partial charge in [-0.1, -0.05) is 64.3 Å². The fourth-order valence-corrected chi connectivity index (χ4v) is 4.25. The molecule has 2 aromatic carbocycles. The van der Waals surface area contributed by atoms with Crippen LogP contribution in [0.5, 0.6) is 11.5 Å². The number of phenolic OH excluding ortho intramolecular Hbond substituents is 2. The minimum Gasteiger partial charge on any atom is -0.507 e. The Balaban J connectivity index is 2.61. The van der Waals surface area contributed by atoms with Gasteiger partial charge in [0.2, 0.25) is 0 Å². The van der Waals surface area contributed by atoms with E-state index < -0.39 is 0 Å². The van der Waals surface area contributed by atoms with Gasteiger partial charge in [0.1, 0.15) is 11.5 Å². The predicted molar refractivity (Wildman–Crippen MR) is 120 cm³/mol. The van der Waals surface area contributed by atoms with Crippen molar-refractivity contribution in [3.05, 3.63) is 57.6 Å². The van der Waals surface area contributed by atoms with E-state index in [4.69, 9.17) is 0 Å². The molecule has 0 bridgehead atoms. The van der Waals surface area contributed by atoms with Crippen molar-refractivity contribution in [1.82, 2.24) is 0 Å². The lowest BCUT2D eigenvalue weighted by Gasteiger charge is -2.26. The molecule has 2 aromatic rings. The molecule has 28 heavy (non-hydrogen) atoms. The second kappa shape index (κ2) is 10.5. The Hall–Kier alpha value is -1.96. The van der Waals surface area contributed by atoms with Crippen LogP contribution in [0.15, 0.2) is 24.3 Å². The molecule has 0 fully saturated rings. The van der Waals surface area contributed by atoms with Crippen molar-refractivity contribution in [2.24, 2.45) is 0 Å². The molecule has 0 unspecified atom stereocenters. The third-order valence-corrected chi connectivity index (χ3v) is 5.91. The monoisotopic (exact) mass is 382 g/mol. The molecular weight excluding hydrogens is 344 g/mol. The van der Waals surface area contributed by atoms with E-state index >= 15 is 0 Å². The highest BCUT2D eigenvalue weighted by molar-refractivity contribution is 5.56. The van der Waals surface area contributed by atoms with Gasteiger partial charge in [-0.05, 0) is 68.2 Å². The molecule has 0 amide bonds. The zero-order chi connectivity index (χ0) is 20.7. The Morgan fingerprint density at radius 2 is 1.11 bits per heavy atom. The second-order valence-electron chi connectivity index (χ2n) is 8.16. The largest absolute Gasteiger partial charge is 0.507 e. The first-order valence-corrected chi connectivity index (χ1v) is 11.1. The molecule has 0 aliphatic carbocycles. The zero-order valence-corrected chi connectivity index (χ0v) is 18.4. The molecule has 0 atom stereocenters. The van der Waals surface area contributed by atoms with E-state index in [1.807, 2.05) is 0 Å². The smallest absolute Gasteiger partial charge is 0.122 e. The molecule has 0 aliphatic rings. The number of phenols is 2. The van der Waals surface area contributed by atoms with Gasteiger partial charge in [0, 0.05) is 17.0 Å². The first-order valence-electron chi connectivity index (χ1n) is 11.1. The summed E-state index contributed by atoms with van der Waals surface area (Å²) in [6, 6.07) is 8.40. The summed E-state index contributed by atoms with van der Waals surface area (Å²) in [7, 11) is 0. The summed E-state index contributed by atoms with van der Waals surface area (Å²) in [5, 5.41) is 22.3. The Labute approximate surface area is 171 Å². The maximum Gasteiger partial charge on any atom is 0.122 e. The normalized spacial score (nSPS) is 11.4. The third-order valence-electron chi connectivity index (χ3n) is 5.91. The number of rotatable bonds is 10. The van der Waals surface area contributed by atoms with Gasteiger partial charge in [0.15, 0.2) is 0 Å². The molecular formula is C26H38O2. The van der Waals surface area contributed by atoms with E-state index in [0.717, 1.165) is 84.7 Å². The van der Waals surface area contributed by atoms with Gasteiger partial charge in [-0.2, -0.15) is 0 Å². The molecule has 2 nitrogen and oxygen atoms in total. The summed E-state index contributed by atoms with van der Waals surface area (Å²) in [5.41, 5.74) is 6.27. The Morgan fingerprint density at radius 3 is 1.46 bits per heavy atom. The molecule has 0 aliphatic heterocycles. The van der Waals surface area contributed by atoms with E-state index in [1.54, 1.807) is 0 Å². The predicted octanol–water partition coefficient (Wildman–Crippen LogP) is 7.33. The van der Waals surface area contributed by atoms with Crippen molar-refractivity contribution < 1.29 is 10.2 Å². The van der Waals surface area contributed by atoms with Gasteiger partial charge in [0.05, 0.1) is 0 Å². The molecule has 2 N–H and O–H groups in total. The maximum atomic E-state index is 11.2. The van der Waals surface area contributed by atoms with E-state index in [-0.39, 0.29) is 5.92 Å². The van der Waals surface area contributed by atoms with E-state index in [1.165, 1.54) is 0 Å².